The van der Waals surface area contributed by atoms with Gasteiger partial charge in [0.15, 0.2) is 11.8 Å². The average molecular weight is 535 g/mol. The van der Waals surface area contributed by atoms with E-state index in [0.29, 0.717) is 6.54 Å². The molecule has 0 spiro atoms. The van der Waals surface area contributed by atoms with Gasteiger partial charge in [0.1, 0.15) is 12.4 Å². The highest BCUT2D eigenvalue weighted by molar-refractivity contribution is 14.0. The Hall–Kier alpha value is -1.16. The Morgan fingerprint density at radius 2 is 1.92 bits per heavy atom. The predicted molar refractivity (Wildman–Crippen MR) is 121 cm³/mol. The standard InChI is InChI=1S/C18H27BrN6.HI/c1-6-20-17(21-11-16-24-23-13(2)25(16)5)22-12-18(3,4)14-9-7-8-10-15(14)19;/h7-10H,6,11-12H2,1-5H3,(H2,20,21,22);1H. The highest BCUT2D eigenvalue weighted by Gasteiger charge is 2.23. The summed E-state index contributed by atoms with van der Waals surface area (Å²) < 4.78 is 3.08. The van der Waals surface area contributed by atoms with E-state index in [1.165, 1.54) is 5.56 Å². The number of rotatable bonds is 6. The molecule has 8 heteroatoms. The lowest BCUT2D eigenvalue weighted by atomic mass is 9.84. The molecule has 144 valence electrons. The molecule has 1 heterocycles. The number of benzene rings is 1. The molecule has 2 aromatic rings. The van der Waals surface area contributed by atoms with Crippen molar-refractivity contribution in [2.24, 2.45) is 12.0 Å². The van der Waals surface area contributed by atoms with Gasteiger partial charge in [0.2, 0.25) is 0 Å². The minimum atomic E-state index is -0.0440. The van der Waals surface area contributed by atoms with Crippen molar-refractivity contribution in [3.05, 3.63) is 46.0 Å². The molecule has 6 nitrogen and oxygen atoms in total. The molecular formula is C18H28BrIN6. The summed E-state index contributed by atoms with van der Waals surface area (Å²) in [6, 6.07) is 8.33. The Balaban J connectivity index is 0.00000338. The number of aryl methyl sites for hydroxylation is 1. The fourth-order valence-electron chi connectivity index (χ4n) is 2.49. The molecule has 0 aliphatic carbocycles. The van der Waals surface area contributed by atoms with Gasteiger partial charge in [0.05, 0.1) is 0 Å². The second kappa shape index (κ2) is 10.2. The first-order chi connectivity index (χ1) is 11.8. The number of nitrogens with one attached hydrogen (secondary N) is 2. The van der Waals surface area contributed by atoms with Gasteiger partial charge in [-0.15, -0.1) is 34.2 Å². The van der Waals surface area contributed by atoms with Crippen molar-refractivity contribution in [3.63, 3.8) is 0 Å². The van der Waals surface area contributed by atoms with Crippen LogP contribution >= 0.6 is 39.9 Å². The van der Waals surface area contributed by atoms with Gasteiger partial charge in [-0.2, -0.15) is 0 Å². The summed E-state index contributed by atoms with van der Waals surface area (Å²) in [4.78, 5) is 4.64. The van der Waals surface area contributed by atoms with Gasteiger partial charge < -0.3 is 15.2 Å². The molecule has 0 aliphatic rings. The quantitative estimate of drug-likeness (QED) is 0.338. The highest BCUT2D eigenvalue weighted by Crippen LogP contribution is 2.29. The van der Waals surface area contributed by atoms with Crippen molar-refractivity contribution in [3.8, 4) is 0 Å². The maximum atomic E-state index is 4.64. The normalized spacial score (nSPS) is 11.8. The summed E-state index contributed by atoms with van der Waals surface area (Å²) in [7, 11) is 1.95. The molecule has 0 unspecified atom stereocenters. The van der Waals surface area contributed by atoms with Crippen LogP contribution < -0.4 is 10.6 Å². The SMILES string of the molecule is CCNC(=NCc1nnc(C)n1C)NCC(C)(C)c1ccccc1Br.I. The molecule has 0 amide bonds. The largest absolute Gasteiger partial charge is 0.357 e. The fourth-order valence-corrected chi connectivity index (χ4v) is 3.31. The Kier molecular flexibility index (Phi) is 9.02. The molecule has 0 saturated heterocycles. The van der Waals surface area contributed by atoms with Crippen molar-refractivity contribution < 1.29 is 0 Å². The van der Waals surface area contributed by atoms with E-state index in [9.17, 15) is 0 Å². The van der Waals surface area contributed by atoms with Gasteiger partial charge in [0, 0.05) is 30.0 Å². The summed E-state index contributed by atoms with van der Waals surface area (Å²) in [6.45, 7) is 10.5. The van der Waals surface area contributed by atoms with Gasteiger partial charge >= 0.3 is 0 Å². The van der Waals surface area contributed by atoms with Crippen molar-refractivity contribution in [2.75, 3.05) is 13.1 Å². The molecule has 2 rings (SSSR count). The molecule has 0 bridgehead atoms. The number of halogens is 2. The molecule has 0 fully saturated rings. The molecule has 0 radical (unpaired) electrons. The number of guanidine groups is 1. The van der Waals surface area contributed by atoms with Crippen LogP contribution in [0, 0.1) is 6.92 Å². The highest BCUT2D eigenvalue weighted by atomic mass is 127. The third kappa shape index (κ3) is 5.94. The molecule has 2 N–H and O–H groups in total. The van der Waals surface area contributed by atoms with Crippen LogP contribution in [0.4, 0.5) is 0 Å². The molecule has 0 saturated carbocycles. The van der Waals surface area contributed by atoms with Gasteiger partial charge in [-0.25, -0.2) is 4.99 Å². The summed E-state index contributed by atoms with van der Waals surface area (Å²) >= 11 is 3.65. The maximum Gasteiger partial charge on any atom is 0.191 e. The monoisotopic (exact) mass is 534 g/mol. The van der Waals surface area contributed by atoms with Crippen LogP contribution in [-0.2, 0) is 19.0 Å². The summed E-state index contributed by atoms with van der Waals surface area (Å²) in [5.74, 6) is 2.52. The van der Waals surface area contributed by atoms with Crippen LogP contribution in [0.25, 0.3) is 0 Å². The van der Waals surface area contributed by atoms with E-state index in [1.807, 2.05) is 24.6 Å². The smallest absolute Gasteiger partial charge is 0.191 e. The first-order valence-electron chi connectivity index (χ1n) is 8.47. The minimum Gasteiger partial charge on any atom is -0.357 e. The summed E-state index contributed by atoms with van der Waals surface area (Å²) in [5, 5.41) is 15.0. The lowest BCUT2D eigenvalue weighted by Gasteiger charge is -2.27. The van der Waals surface area contributed by atoms with Crippen LogP contribution in [0.15, 0.2) is 33.7 Å². The van der Waals surface area contributed by atoms with Crippen molar-refractivity contribution in [1.29, 1.82) is 0 Å². The predicted octanol–water partition coefficient (Wildman–Crippen LogP) is 3.54. The molecule has 0 atom stereocenters. The van der Waals surface area contributed by atoms with Crippen molar-refractivity contribution in [2.45, 2.75) is 39.7 Å². The second-order valence-corrected chi connectivity index (χ2v) is 7.49. The number of nitrogens with zero attached hydrogens (tertiary/aromatic N) is 4. The Labute approximate surface area is 181 Å². The van der Waals surface area contributed by atoms with Gasteiger partial charge in [-0.3, -0.25) is 0 Å². The topological polar surface area (TPSA) is 67.1 Å². The summed E-state index contributed by atoms with van der Waals surface area (Å²) in [6.07, 6.45) is 0. The van der Waals surface area contributed by atoms with Crippen LogP contribution in [0.5, 0.6) is 0 Å². The maximum absolute atomic E-state index is 4.64. The summed E-state index contributed by atoms with van der Waals surface area (Å²) in [5.41, 5.74) is 1.22. The first-order valence-corrected chi connectivity index (χ1v) is 9.26. The van der Waals surface area contributed by atoms with E-state index in [0.717, 1.165) is 35.2 Å². The Morgan fingerprint density at radius 1 is 1.23 bits per heavy atom. The van der Waals surface area contributed by atoms with Crippen LogP contribution in [-0.4, -0.2) is 33.8 Å². The molecule has 26 heavy (non-hydrogen) atoms. The third-order valence-electron chi connectivity index (χ3n) is 4.21. The molecule has 1 aromatic carbocycles. The lowest BCUT2D eigenvalue weighted by Crippen LogP contribution is -2.43. The number of aromatic nitrogens is 3. The van der Waals surface area contributed by atoms with E-state index in [1.54, 1.807) is 0 Å². The Morgan fingerprint density at radius 3 is 2.50 bits per heavy atom. The van der Waals surface area contributed by atoms with Crippen LogP contribution in [0.3, 0.4) is 0 Å². The van der Waals surface area contributed by atoms with Crippen molar-refractivity contribution in [1.82, 2.24) is 25.4 Å². The zero-order valence-electron chi connectivity index (χ0n) is 16.0. The Bertz CT molecular complexity index is 741. The molecule has 1 aromatic heterocycles. The molecule has 0 aliphatic heterocycles. The van der Waals surface area contributed by atoms with E-state index >= 15 is 0 Å². The zero-order chi connectivity index (χ0) is 18.4. The fraction of sp³-hybridized carbons (Fsp3) is 0.500. The zero-order valence-corrected chi connectivity index (χ0v) is 19.9. The van der Waals surface area contributed by atoms with Crippen LogP contribution in [0.2, 0.25) is 0 Å². The van der Waals surface area contributed by atoms with Crippen LogP contribution in [0.1, 0.15) is 38.0 Å². The van der Waals surface area contributed by atoms with E-state index in [-0.39, 0.29) is 29.4 Å². The number of hydrogen-bond acceptors (Lipinski definition) is 3. The molecular weight excluding hydrogens is 507 g/mol. The number of hydrogen-bond donors (Lipinski definition) is 2. The van der Waals surface area contributed by atoms with Gasteiger partial charge in [0.25, 0.3) is 0 Å². The van der Waals surface area contributed by atoms with E-state index in [4.69, 9.17) is 0 Å². The average Bonchev–Trinajstić information content (AvgIpc) is 2.89. The lowest BCUT2D eigenvalue weighted by molar-refractivity contribution is 0.506. The van der Waals surface area contributed by atoms with Crippen molar-refractivity contribution >= 4 is 45.9 Å². The van der Waals surface area contributed by atoms with Gasteiger partial charge in [-0.1, -0.05) is 48.0 Å². The second-order valence-electron chi connectivity index (χ2n) is 6.63. The van der Waals surface area contributed by atoms with E-state index in [2.05, 4.69) is 80.7 Å². The van der Waals surface area contributed by atoms with Gasteiger partial charge in [-0.05, 0) is 25.5 Å². The number of aliphatic imine (C=N–C) groups is 1. The first kappa shape index (κ1) is 22.9. The minimum absolute atomic E-state index is 0. The third-order valence-corrected chi connectivity index (χ3v) is 4.90. The van der Waals surface area contributed by atoms with E-state index < -0.39 is 0 Å².